The van der Waals surface area contributed by atoms with Gasteiger partial charge in [0.05, 0.1) is 5.52 Å². The van der Waals surface area contributed by atoms with Crippen LogP contribution in [0.1, 0.15) is 27.7 Å². The molecule has 0 amide bonds. The van der Waals surface area contributed by atoms with Crippen molar-refractivity contribution in [3.63, 3.8) is 0 Å². The summed E-state index contributed by atoms with van der Waals surface area (Å²) in [5.74, 6) is 0. The Morgan fingerprint density at radius 2 is 1.20 bits per heavy atom. The van der Waals surface area contributed by atoms with E-state index in [4.69, 9.17) is 0 Å². The number of pyridine rings is 2. The van der Waals surface area contributed by atoms with Crippen LogP contribution in [0, 0.1) is 0 Å². The van der Waals surface area contributed by atoms with Crippen molar-refractivity contribution in [2.24, 2.45) is 0 Å². The molecule has 20 heavy (non-hydrogen) atoms. The van der Waals surface area contributed by atoms with Crippen molar-refractivity contribution in [2.45, 2.75) is 27.7 Å². The van der Waals surface area contributed by atoms with E-state index in [2.05, 4.69) is 22.1 Å². The minimum atomic E-state index is 1.06. The number of nitrogens with zero attached hydrogens (tertiary/aromatic N) is 2. The van der Waals surface area contributed by atoms with Gasteiger partial charge < -0.3 is 0 Å². The molecule has 2 nitrogen and oxygen atoms in total. The molecule has 0 aliphatic carbocycles. The van der Waals surface area contributed by atoms with Gasteiger partial charge in [0.15, 0.2) is 0 Å². The van der Waals surface area contributed by atoms with Crippen LogP contribution in [0.15, 0.2) is 73.2 Å². The van der Waals surface area contributed by atoms with Crippen LogP contribution in [0.5, 0.6) is 0 Å². The second-order valence-electron chi connectivity index (χ2n) is 3.22. The molecule has 3 aromatic rings. The van der Waals surface area contributed by atoms with E-state index in [9.17, 15) is 0 Å². The molecule has 0 radical (unpaired) electrons. The number of rotatable bonds is 0. The summed E-state index contributed by atoms with van der Waals surface area (Å²) in [7, 11) is 0. The molecule has 0 bridgehead atoms. The maximum absolute atomic E-state index is 4.18. The van der Waals surface area contributed by atoms with E-state index in [1.807, 2.05) is 76.4 Å². The smallest absolute Gasteiger partial charge is 0.0701 e. The molecule has 2 aromatic heterocycles. The Kier molecular flexibility index (Phi) is 11.8. The predicted octanol–water partition coefficient (Wildman–Crippen LogP) is 5.37. The summed E-state index contributed by atoms with van der Waals surface area (Å²) in [6.07, 6.45) is 5.31. The zero-order valence-corrected chi connectivity index (χ0v) is 12.8. The third kappa shape index (κ3) is 7.27. The standard InChI is InChI=1S/C9H7N.C5H5N.2C2H6/c1-2-6-9-8(4-1)5-3-7-10-9;1-2-4-6-5-3-1;2*1-2/h1-7H;1-5H;2*1-2H3. The van der Waals surface area contributed by atoms with Crippen molar-refractivity contribution >= 4 is 10.9 Å². The molecule has 3 rings (SSSR count). The van der Waals surface area contributed by atoms with Crippen molar-refractivity contribution in [1.82, 2.24) is 9.97 Å². The Morgan fingerprint density at radius 3 is 1.70 bits per heavy atom. The third-order valence-corrected chi connectivity index (χ3v) is 2.08. The summed E-state index contributed by atoms with van der Waals surface area (Å²) in [5.41, 5.74) is 1.06. The highest BCUT2D eigenvalue weighted by atomic mass is 14.6. The van der Waals surface area contributed by atoms with Crippen molar-refractivity contribution in [3.05, 3.63) is 73.2 Å². The lowest BCUT2D eigenvalue weighted by molar-refractivity contribution is 1.33. The number of hydrogen-bond donors (Lipinski definition) is 0. The summed E-state index contributed by atoms with van der Waals surface area (Å²) < 4.78 is 0. The fourth-order valence-corrected chi connectivity index (χ4v) is 1.33. The maximum Gasteiger partial charge on any atom is 0.0701 e. The Balaban J connectivity index is 0.000000312. The number of fused-ring (bicyclic) bond motifs is 1. The molecule has 0 spiro atoms. The first-order valence-corrected chi connectivity index (χ1v) is 7.11. The minimum Gasteiger partial charge on any atom is -0.265 e. The highest BCUT2D eigenvalue weighted by molar-refractivity contribution is 5.77. The van der Waals surface area contributed by atoms with Gasteiger partial charge in [-0.2, -0.15) is 0 Å². The fourth-order valence-electron chi connectivity index (χ4n) is 1.33. The molecule has 0 atom stereocenters. The van der Waals surface area contributed by atoms with E-state index in [0.29, 0.717) is 0 Å². The van der Waals surface area contributed by atoms with Gasteiger partial charge in [-0.1, -0.05) is 58.0 Å². The topological polar surface area (TPSA) is 25.8 Å². The van der Waals surface area contributed by atoms with E-state index in [-0.39, 0.29) is 0 Å². The normalized spacial score (nSPS) is 8.00. The van der Waals surface area contributed by atoms with Crippen LogP contribution in [0.4, 0.5) is 0 Å². The Hall–Kier alpha value is -2.22. The number of aromatic nitrogens is 2. The molecule has 0 N–H and O–H groups in total. The molecule has 106 valence electrons. The monoisotopic (exact) mass is 268 g/mol. The van der Waals surface area contributed by atoms with E-state index in [1.54, 1.807) is 12.4 Å². The van der Waals surface area contributed by atoms with Crippen molar-refractivity contribution in [1.29, 1.82) is 0 Å². The molecular formula is C18H24N2. The molecule has 0 aliphatic heterocycles. The van der Waals surface area contributed by atoms with Gasteiger partial charge in [-0.05, 0) is 24.3 Å². The lowest BCUT2D eigenvalue weighted by Crippen LogP contribution is -1.73. The highest BCUT2D eigenvalue weighted by Gasteiger charge is 1.86. The molecule has 0 unspecified atom stereocenters. The number of hydrogen-bond acceptors (Lipinski definition) is 2. The van der Waals surface area contributed by atoms with Gasteiger partial charge >= 0.3 is 0 Å². The van der Waals surface area contributed by atoms with Crippen molar-refractivity contribution in [2.75, 3.05) is 0 Å². The zero-order valence-electron chi connectivity index (χ0n) is 12.8. The first-order valence-electron chi connectivity index (χ1n) is 7.11. The summed E-state index contributed by atoms with van der Waals surface area (Å²) >= 11 is 0. The van der Waals surface area contributed by atoms with Crippen LogP contribution >= 0.6 is 0 Å². The summed E-state index contributed by atoms with van der Waals surface area (Å²) in [5, 5.41) is 1.20. The minimum absolute atomic E-state index is 1.06. The highest BCUT2D eigenvalue weighted by Crippen LogP contribution is 2.07. The summed E-state index contributed by atoms with van der Waals surface area (Å²) in [6, 6.07) is 17.8. The lowest BCUT2D eigenvalue weighted by atomic mass is 10.2. The van der Waals surface area contributed by atoms with E-state index < -0.39 is 0 Å². The third-order valence-electron chi connectivity index (χ3n) is 2.08. The first-order chi connectivity index (χ1) is 9.97. The lowest BCUT2D eigenvalue weighted by Gasteiger charge is -1.91. The van der Waals surface area contributed by atoms with Crippen LogP contribution in [0.25, 0.3) is 10.9 Å². The SMILES string of the molecule is CC.CC.c1ccc2ncccc2c1.c1ccncc1. The molecule has 2 heteroatoms. The quantitative estimate of drug-likeness (QED) is 0.548. The first kappa shape index (κ1) is 17.8. The summed E-state index contributed by atoms with van der Waals surface area (Å²) in [4.78, 5) is 7.97. The molecule has 0 fully saturated rings. The van der Waals surface area contributed by atoms with Gasteiger partial charge in [0.2, 0.25) is 0 Å². The van der Waals surface area contributed by atoms with E-state index in [1.165, 1.54) is 5.39 Å². The summed E-state index contributed by atoms with van der Waals surface area (Å²) in [6.45, 7) is 8.00. The largest absolute Gasteiger partial charge is 0.265 e. The van der Waals surface area contributed by atoms with Gasteiger partial charge in [0.25, 0.3) is 0 Å². The Morgan fingerprint density at radius 1 is 0.600 bits per heavy atom. The molecule has 0 saturated carbocycles. The van der Waals surface area contributed by atoms with Crippen LogP contribution in [-0.2, 0) is 0 Å². The Labute approximate surface area is 122 Å². The van der Waals surface area contributed by atoms with E-state index in [0.717, 1.165) is 5.52 Å². The average molecular weight is 268 g/mol. The maximum atomic E-state index is 4.18. The average Bonchev–Trinajstić information content (AvgIpc) is 2.61. The van der Waals surface area contributed by atoms with Crippen LogP contribution in [-0.4, -0.2) is 9.97 Å². The van der Waals surface area contributed by atoms with Crippen LogP contribution in [0.2, 0.25) is 0 Å². The molecule has 0 saturated heterocycles. The second kappa shape index (κ2) is 13.2. The van der Waals surface area contributed by atoms with Gasteiger partial charge in [-0.15, -0.1) is 0 Å². The fraction of sp³-hybridized carbons (Fsp3) is 0.222. The van der Waals surface area contributed by atoms with Crippen molar-refractivity contribution in [3.8, 4) is 0 Å². The Bertz CT molecular complexity index is 444. The zero-order chi connectivity index (χ0) is 15.1. The van der Waals surface area contributed by atoms with Gasteiger partial charge in [0.1, 0.15) is 0 Å². The number of para-hydroxylation sites is 1. The van der Waals surface area contributed by atoms with Gasteiger partial charge in [-0.25, -0.2) is 0 Å². The second-order valence-corrected chi connectivity index (χ2v) is 3.22. The van der Waals surface area contributed by atoms with Gasteiger partial charge in [0, 0.05) is 24.0 Å². The molecule has 0 aliphatic rings. The van der Waals surface area contributed by atoms with Crippen molar-refractivity contribution < 1.29 is 0 Å². The molecule has 2 heterocycles. The van der Waals surface area contributed by atoms with Crippen LogP contribution in [0.3, 0.4) is 0 Å². The molecular weight excluding hydrogens is 244 g/mol. The van der Waals surface area contributed by atoms with E-state index >= 15 is 0 Å². The molecule has 1 aromatic carbocycles. The van der Waals surface area contributed by atoms with Gasteiger partial charge in [-0.3, -0.25) is 9.97 Å². The number of benzene rings is 1. The predicted molar refractivity (Wildman–Crippen MR) is 88.7 cm³/mol. The van der Waals surface area contributed by atoms with Crippen LogP contribution < -0.4 is 0 Å².